The van der Waals surface area contributed by atoms with Crippen LogP contribution in [-0.4, -0.2) is 21.6 Å². The number of hydrogen-bond acceptors (Lipinski definition) is 4. The van der Waals surface area contributed by atoms with Gasteiger partial charge in [0.2, 0.25) is 0 Å². The molecule has 0 spiro atoms. The fourth-order valence-corrected chi connectivity index (χ4v) is 6.48. The molecule has 1 heterocycles. The molecule has 234 valence electrons. The van der Waals surface area contributed by atoms with E-state index in [2.05, 4.69) is 18.2 Å². The van der Waals surface area contributed by atoms with Gasteiger partial charge in [-0.3, -0.25) is 0 Å². The largest absolute Gasteiger partial charge is 0.493 e. The van der Waals surface area contributed by atoms with Crippen LogP contribution >= 0.6 is 0 Å². The lowest BCUT2D eigenvalue weighted by Crippen LogP contribution is -2.40. The maximum absolute atomic E-state index is 14.3. The zero-order valence-electron chi connectivity index (χ0n) is 25.5. The summed E-state index contributed by atoms with van der Waals surface area (Å²) in [7, 11) is 0. The van der Waals surface area contributed by atoms with Crippen LogP contribution in [0.15, 0.2) is 133 Å². The minimum atomic E-state index is -4.65. The molecule has 4 aromatic carbocycles. The summed E-state index contributed by atoms with van der Waals surface area (Å²) in [5, 5.41) is 19.9. The van der Waals surface area contributed by atoms with Gasteiger partial charge in [-0.15, -0.1) is 5.10 Å². The number of halogens is 3. The summed E-state index contributed by atoms with van der Waals surface area (Å²) in [5.74, 6) is 0.0609. The number of ether oxygens (including phenoxy) is 1. The third-order valence-corrected chi connectivity index (χ3v) is 9.08. The second kappa shape index (κ2) is 12.1. The van der Waals surface area contributed by atoms with Crippen molar-refractivity contribution in [3.8, 4) is 23.1 Å². The van der Waals surface area contributed by atoms with Crippen LogP contribution < -0.4 is 4.74 Å². The van der Waals surface area contributed by atoms with Gasteiger partial charge in [0.05, 0.1) is 12.2 Å². The van der Waals surface area contributed by atoms with Crippen LogP contribution in [0.3, 0.4) is 0 Å². The van der Waals surface area contributed by atoms with Crippen molar-refractivity contribution in [2.24, 2.45) is 0 Å². The Kier molecular flexibility index (Phi) is 7.77. The number of nitrogens with zero attached hydrogens (tertiary/aromatic N) is 4. The summed E-state index contributed by atoms with van der Waals surface area (Å²) in [5.41, 5.74) is 1.54. The van der Waals surface area contributed by atoms with Crippen LogP contribution in [0.4, 0.5) is 13.2 Å². The monoisotopic (exact) mass is 628 g/mol. The Balaban J connectivity index is 1.38. The predicted octanol–water partition coefficient (Wildman–Crippen LogP) is 9.01. The normalized spacial score (nSPS) is 15.5. The molecule has 0 aliphatic heterocycles. The van der Waals surface area contributed by atoms with Gasteiger partial charge in [0, 0.05) is 11.0 Å². The maximum atomic E-state index is 14.3. The van der Waals surface area contributed by atoms with E-state index in [-0.39, 0.29) is 34.7 Å². The first-order valence-corrected chi connectivity index (χ1v) is 15.6. The molecule has 0 amide bonds. The maximum Gasteiger partial charge on any atom is 0.416 e. The fourth-order valence-electron chi connectivity index (χ4n) is 6.48. The molecule has 0 atom stereocenters. The van der Waals surface area contributed by atoms with Crippen LogP contribution in [0.1, 0.15) is 53.6 Å². The van der Waals surface area contributed by atoms with Gasteiger partial charge in [0.25, 0.3) is 0 Å². The lowest BCUT2D eigenvalue weighted by atomic mass is 9.75. The molecule has 5 nitrogen and oxygen atoms in total. The highest BCUT2D eigenvalue weighted by Gasteiger charge is 2.46. The minimum absolute atomic E-state index is 0.0456. The van der Waals surface area contributed by atoms with Gasteiger partial charge in [0.1, 0.15) is 17.5 Å². The molecular formula is C39H31F3N4O. The number of nitriles is 1. The van der Waals surface area contributed by atoms with E-state index >= 15 is 0 Å². The smallest absolute Gasteiger partial charge is 0.416 e. The Bertz CT molecular complexity index is 1950. The predicted molar refractivity (Wildman–Crippen MR) is 174 cm³/mol. The average Bonchev–Trinajstić information content (AvgIpc) is 3.79. The molecule has 0 radical (unpaired) electrons. The quantitative estimate of drug-likeness (QED) is 0.163. The van der Waals surface area contributed by atoms with Gasteiger partial charge in [0.15, 0.2) is 11.2 Å². The first kappa shape index (κ1) is 30.2. The Morgan fingerprint density at radius 1 is 0.787 bits per heavy atom. The van der Waals surface area contributed by atoms with E-state index in [0.29, 0.717) is 0 Å². The SMILES string of the molecule is N#Cc1nn(C(C2=CCCC=C2)(c2ccccc2)c2ccccc2)nc1-c1cc(OCC2(c3ccccc3)CC2)cc(C(F)(F)F)c1. The van der Waals surface area contributed by atoms with Crippen molar-refractivity contribution in [3.63, 3.8) is 0 Å². The van der Waals surface area contributed by atoms with Gasteiger partial charge < -0.3 is 4.74 Å². The summed E-state index contributed by atoms with van der Waals surface area (Å²) >= 11 is 0. The Hall–Kier alpha value is -5.42. The van der Waals surface area contributed by atoms with Crippen molar-refractivity contribution in [2.75, 3.05) is 6.61 Å². The van der Waals surface area contributed by atoms with Crippen LogP contribution in [0.5, 0.6) is 5.75 Å². The highest BCUT2D eigenvalue weighted by atomic mass is 19.4. The van der Waals surface area contributed by atoms with Crippen molar-refractivity contribution >= 4 is 0 Å². The van der Waals surface area contributed by atoms with Gasteiger partial charge in [-0.2, -0.15) is 28.3 Å². The molecule has 1 aromatic heterocycles. The van der Waals surface area contributed by atoms with E-state index in [4.69, 9.17) is 14.9 Å². The Labute approximate surface area is 271 Å². The molecule has 2 aliphatic rings. The molecule has 0 saturated heterocycles. The first-order chi connectivity index (χ1) is 22.8. The van der Waals surface area contributed by atoms with Crippen molar-refractivity contribution in [1.82, 2.24) is 15.0 Å². The summed E-state index contributed by atoms with van der Waals surface area (Å²) < 4.78 is 49.0. The van der Waals surface area contributed by atoms with Crippen LogP contribution in [0.2, 0.25) is 0 Å². The zero-order valence-corrected chi connectivity index (χ0v) is 25.5. The van der Waals surface area contributed by atoms with Gasteiger partial charge in [-0.1, -0.05) is 109 Å². The molecule has 5 aromatic rings. The van der Waals surface area contributed by atoms with E-state index in [9.17, 15) is 18.4 Å². The minimum Gasteiger partial charge on any atom is -0.493 e. The van der Waals surface area contributed by atoms with Gasteiger partial charge in [-0.05, 0) is 66.1 Å². The number of benzene rings is 4. The van der Waals surface area contributed by atoms with Crippen molar-refractivity contribution in [3.05, 3.63) is 161 Å². The van der Waals surface area contributed by atoms with Crippen LogP contribution in [-0.2, 0) is 17.1 Å². The molecule has 0 N–H and O–H groups in total. The topological polar surface area (TPSA) is 63.7 Å². The lowest BCUT2D eigenvalue weighted by Gasteiger charge is -2.36. The van der Waals surface area contributed by atoms with E-state index in [0.717, 1.165) is 60.1 Å². The molecule has 1 fully saturated rings. The molecule has 0 unspecified atom stereocenters. The molecular weight excluding hydrogens is 597 g/mol. The van der Waals surface area contributed by atoms with E-state index in [1.807, 2.05) is 97.1 Å². The molecule has 1 saturated carbocycles. The van der Waals surface area contributed by atoms with E-state index in [1.54, 1.807) is 0 Å². The van der Waals surface area contributed by atoms with Gasteiger partial charge >= 0.3 is 6.18 Å². The number of alkyl halides is 3. The van der Waals surface area contributed by atoms with E-state index < -0.39 is 17.3 Å². The molecule has 0 bridgehead atoms. The van der Waals surface area contributed by atoms with Crippen molar-refractivity contribution in [2.45, 2.75) is 42.8 Å². The molecule has 7 rings (SSSR count). The molecule has 47 heavy (non-hydrogen) atoms. The highest BCUT2D eigenvalue weighted by molar-refractivity contribution is 5.67. The lowest BCUT2D eigenvalue weighted by molar-refractivity contribution is -0.137. The van der Waals surface area contributed by atoms with Crippen molar-refractivity contribution < 1.29 is 17.9 Å². The number of rotatable bonds is 9. The summed E-state index contributed by atoms with van der Waals surface area (Å²) in [6.45, 7) is 0.237. The Morgan fingerprint density at radius 2 is 1.43 bits per heavy atom. The van der Waals surface area contributed by atoms with Crippen molar-refractivity contribution in [1.29, 1.82) is 5.26 Å². The van der Waals surface area contributed by atoms with Gasteiger partial charge in [-0.25, -0.2) is 0 Å². The summed E-state index contributed by atoms with van der Waals surface area (Å²) in [6, 6.07) is 35.0. The number of allylic oxidation sites excluding steroid dienone is 4. The molecule has 2 aliphatic carbocycles. The summed E-state index contributed by atoms with van der Waals surface area (Å²) in [4.78, 5) is 1.49. The Morgan fingerprint density at radius 3 is 1.98 bits per heavy atom. The molecule has 8 heteroatoms. The second-order valence-electron chi connectivity index (χ2n) is 12.1. The van der Waals surface area contributed by atoms with Crippen LogP contribution in [0.25, 0.3) is 11.3 Å². The fraction of sp³-hybridized carbons (Fsp3) is 0.205. The third kappa shape index (κ3) is 5.63. The highest BCUT2D eigenvalue weighted by Crippen LogP contribution is 2.49. The number of hydrogen-bond donors (Lipinski definition) is 0. The standard InChI is InChI=1S/C39H31F3N4O/c40-39(41,42)33-23-28(24-34(25-33)47-27-37(21-22-37)29-13-5-1-6-14-29)36-35(26-43)44-46(45-36)38(30-15-7-2-8-16-30,31-17-9-3-10-18-31)32-19-11-4-12-20-32/h1-3,5-11,13-20,23-25H,4,12,21-22,27H2. The first-order valence-electron chi connectivity index (χ1n) is 15.6. The van der Waals surface area contributed by atoms with Crippen LogP contribution in [0, 0.1) is 11.3 Å². The average molecular weight is 629 g/mol. The summed E-state index contributed by atoms with van der Waals surface area (Å²) in [6.07, 6.45) is 5.06. The zero-order chi connectivity index (χ0) is 32.5. The second-order valence-corrected chi connectivity index (χ2v) is 12.1. The third-order valence-electron chi connectivity index (χ3n) is 9.08. The number of aromatic nitrogens is 3. The van der Waals surface area contributed by atoms with E-state index in [1.165, 1.54) is 10.9 Å².